The number of aromatic nitrogens is 2. The number of likely N-dealkylation sites (N-methyl/N-ethyl adjacent to an activating group) is 1. The van der Waals surface area contributed by atoms with Crippen molar-refractivity contribution in [3.8, 4) is 0 Å². The molecule has 5 nitrogen and oxygen atoms in total. The summed E-state index contributed by atoms with van der Waals surface area (Å²) in [7, 11) is 2.06. The molecule has 108 valence electrons. The summed E-state index contributed by atoms with van der Waals surface area (Å²) in [6.07, 6.45) is 0.983. The fraction of sp³-hybridized carbons (Fsp3) is 0.786. The van der Waals surface area contributed by atoms with Gasteiger partial charge in [-0.2, -0.15) is 5.10 Å². The highest BCUT2D eigenvalue weighted by atomic mass is 16.5. The van der Waals surface area contributed by atoms with E-state index in [1.54, 1.807) is 0 Å². The van der Waals surface area contributed by atoms with Crippen molar-refractivity contribution < 1.29 is 9.84 Å². The Morgan fingerprint density at radius 2 is 2.32 bits per heavy atom. The molecule has 1 aliphatic heterocycles. The third kappa shape index (κ3) is 3.55. The summed E-state index contributed by atoms with van der Waals surface area (Å²) in [6, 6.07) is 2.10. The molecule has 0 amide bonds. The van der Waals surface area contributed by atoms with Gasteiger partial charge in [-0.1, -0.05) is 6.92 Å². The van der Waals surface area contributed by atoms with Crippen molar-refractivity contribution >= 4 is 0 Å². The van der Waals surface area contributed by atoms with E-state index in [9.17, 15) is 5.11 Å². The van der Waals surface area contributed by atoms with Gasteiger partial charge in [-0.15, -0.1) is 0 Å². The maximum Gasteiger partial charge on any atom is 0.0964 e. The Balaban J connectivity index is 2.01. The smallest absolute Gasteiger partial charge is 0.0964 e. The number of hydrogen-bond acceptors (Lipinski definition) is 4. The molecule has 0 spiro atoms. The molecule has 1 aromatic rings. The van der Waals surface area contributed by atoms with Crippen LogP contribution >= 0.6 is 0 Å². The second kappa shape index (κ2) is 6.50. The Morgan fingerprint density at radius 1 is 1.53 bits per heavy atom. The van der Waals surface area contributed by atoms with Gasteiger partial charge < -0.3 is 14.7 Å². The van der Waals surface area contributed by atoms with Gasteiger partial charge in [0.25, 0.3) is 0 Å². The first-order valence-electron chi connectivity index (χ1n) is 7.17. The predicted molar refractivity (Wildman–Crippen MR) is 74.2 cm³/mol. The van der Waals surface area contributed by atoms with Crippen LogP contribution in [0.25, 0.3) is 0 Å². The summed E-state index contributed by atoms with van der Waals surface area (Å²) >= 11 is 0. The summed E-state index contributed by atoms with van der Waals surface area (Å²) in [5.41, 5.74) is 2.19. The Kier molecular flexibility index (Phi) is 4.96. The van der Waals surface area contributed by atoms with Gasteiger partial charge in [0.2, 0.25) is 0 Å². The van der Waals surface area contributed by atoms with Gasteiger partial charge in [0.1, 0.15) is 0 Å². The molecule has 1 saturated heterocycles. The van der Waals surface area contributed by atoms with Crippen LogP contribution in [0.15, 0.2) is 6.07 Å². The number of nitrogens with zero attached hydrogens (tertiary/aromatic N) is 3. The normalized spacial score (nSPS) is 22.6. The third-order valence-electron chi connectivity index (χ3n) is 3.72. The van der Waals surface area contributed by atoms with Crippen molar-refractivity contribution in [1.82, 2.24) is 14.7 Å². The van der Waals surface area contributed by atoms with E-state index in [2.05, 4.69) is 37.0 Å². The van der Waals surface area contributed by atoms with Crippen LogP contribution in [0, 0.1) is 0 Å². The van der Waals surface area contributed by atoms with Crippen molar-refractivity contribution in [2.45, 2.75) is 45.4 Å². The Morgan fingerprint density at radius 3 is 2.95 bits per heavy atom. The lowest BCUT2D eigenvalue weighted by molar-refractivity contribution is -0.0827. The molecule has 0 radical (unpaired) electrons. The van der Waals surface area contributed by atoms with Crippen molar-refractivity contribution in [3.63, 3.8) is 0 Å². The van der Waals surface area contributed by atoms with Crippen LogP contribution in [-0.2, 0) is 24.1 Å². The Labute approximate surface area is 115 Å². The van der Waals surface area contributed by atoms with Crippen LogP contribution in [0.4, 0.5) is 0 Å². The number of hydrogen-bond donors (Lipinski definition) is 1. The number of aliphatic hydroxyl groups is 1. The van der Waals surface area contributed by atoms with E-state index >= 15 is 0 Å². The van der Waals surface area contributed by atoms with Gasteiger partial charge in [0.15, 0.2) is 0 Å². The van der Waals surface area contributed by atoms with Crippen LogP contribution in [0.1, 0.15) is 25.2 Å². The average Bonchev–Trinajstić information content (AvgIpc) is 2.81. The highest BCUT2D eigenvalue weighted by Gasteiger charge is 2.26. The highest BCUT2D eigenvalue weighted by molar-refractivity contribution is 5.12. The topological polar surface area (TPSA) is 50.5 Å². The zero-order chi connectivity index (χ0) is 13.8. The van der Waals surface area contributed by atoms with Crippen LogP contribution in [0.2, 0.25) is 0 Å². The van der Waals surface area contributed by atoms with E-state index in [0.29, 0.717) is 13.0 Å². The average molecular weight is 267 g/mol. The van der Waals surface area contributed by atoms with Gasteiger partial charge in [-0.3, -0.25) is 4.68 Å². The Hall–Kier alpha value is -0.910. The lowest BCUT2D eigenvalue weighted by atomic mass is 10.1. The fourth-order valence-corrected chi connectivity index (χ4v) is 2.52. The molecule has 2 atom stereocenters. The van der Waals surface area contributed by atoms with Gasteiger partial charge in [0.05, 0.1) is 24.5 Å². The molecule has 5 heteroatoms. The fourth-order valence-electron chi connectivity index (χ4n) is 2.52. The van der Waals surface area contributed by atoms with Crippen molar-refractivity contribution in [2.75, 3.05) is 26.7 Å². The molecule has 2 unspecified atom stereocenters. The first-order chi connectivity index (χ1) is 9.13. The minimum Gasteiger partial charge on any atom is -0.390 e. The standard InChI is InChI=1S/C14H25N3O2/c1-4-11-8-12(17(5-2)15-11)9-13(18)14-10-16(3)6-7-19-14/h8,13-14,18H,4-7,9-10H2,1-3H3. The molecule has 1 aromatic heterocycles. The molecule has 1 N–H and O–H groups in total. The zero-order valence-electron chi connectivity index (χ0n) is 12.2. The summed E-state index contributed by atoms with van der Waals surface area (Å²) in [5.74, 6) is 0. The van der Waals surface area contributed by atoms with Crippen molar-refractivity contribution in [2.24, 2.45) is 0 Å². The molecule has 1 aliphatic rings. The number of ether oxygens (including phenoxy) is 1. The first kappa shape index (κ1) is 14.5. The van der Waals surface area contributed by atoms with Gasteiger partial charge in [-0.25, -0.2) is 0 Å². The molecule has 2 rings (SSSR count). The van der Waals surface area contributed by atoms with Crippen LogP contribution in [0.3, 0.4) is 0 Å². The largest absolute Gasteiger partial charge is 0.390 e. The molecular formula is C14H25N3O2. The molecule has 0 aliphatic carbocycles. The van der Waals surface area contributed by atoms with Crippen LogP contribution in [0.5, 0.6) is 0 Å². The maximum atomic E-state index is 10.4. The minimum atomic E-state index is -0.463. The molecule has 19 heavy (non-hydrogen) atoms. The van der Waals surface area contributed by atoms with Crippen molar-refractivity contribution in [1.29, 1.82) is 0 Å². The monoisotopic (exact) mass is 267 g/mol. The van der Waals surface area contributed by atoms with Crippen LogP contribution < -0.4 is 0 Å². The number of rotatable bonds is 5. The SMILES string of the molecule is CCc1cc(CC(O)C2CN(C)CCO2)n(CC)n1. The van der Waals surface area contributed by atoms with E-state index in [1.807, 2.05) is 4.68 Å². The molecule has 0 bridgehead atoms. The number of morpholine rings is 1. The molecule has 2 heterocycles. The highest BCUT2D eigenvalue weighted by Crippen LogP contribution is 2.14. The molecule has 1 fully saturated rings. The van der Waals surface area contributed by atoms with Gasteiger partial charge in [-0.05, 0) is 26.5 Å². The zero-order valence-corrected chi connectivity index (χ0v) is 12.2. The molecule has 0 saturated carbocycles. The number of aryl methyl sites for hydroxylation is 2. The summed E-state index contributed by atoms with van der Waals surface area (Å²) < 4.78 is 7.65. The Bertz CT molecular complexity index is 405. The second-order valence-electron chi connectivity index (χ2n) is 5.24. The van der Waals surface area contributed by atoms with E-state index in [-0.39, 0.29) is 6.10 Å². The molecular weight excluding hydrogens is 242 g/mol. The predicted octanol–water partition coefficient (Wildman–Crippen LogP) is 0.699. The van der Waals surface area contributed by atoms with Gasteiger partial charge in [0, 0.05) is 31.7 Å². The maximum absolute atomic E-state index is 10.4. The van der Waals surface area contributed by atoms with Gasteiger partial charge >= 0.3 is 0 Å². The molecule has 0 aromatic carbocycles. The quantitative estimate of drug-likeness (QED) is 0.853. The second-order valence-corrected chi connectivity index (χ2v) is 5.24. The van der Waals surface area contributed by atoms with E-state index in [0.717, 1.165) is 37.4 Å². The summed E-state index contributed by atoms with van der Waals surface area (Å²) in [4.78, 5) is 2.20. The third-order valence-corrected chi connectivity index (χ3v) is 3.72. The van der Waals surface area contributed by atoms with Crippen molar-refractivity contribution in [3.05, 3.63) is 17.5 Å². The first-order valence-corrected chi connectivity index (χ1v) is 7.17. The van der Waals surface area contributed by atoms with E-state index in [1.165, 1.54) is 0 Å². The summed E-state index contributed by atoms with van der Waals surface area (Å²) in [6.45, 7) is 7.45. The van der Waals surface area contributed by atoms with Crippen LogP contribution in [-0.4, -0.2) is 58.7 Å². The minimum absolute atomic E-state index is 0.0935. The lowest BCUT2D eigenvalue weighted by Crippen LogP contribution is -2.46. The van der Waals surface area contributed by atoms with E-state index in [4.69, 9.17) is 4.74 Å². The summed E-state index contributed by atoms with van der Waals surface area (Å²) in [5, 5.41) is 14.9. The van der Waals surface area contributed by atoms with E-state index < -0.39 is 6.10 Å². The number of aliphatic hydroxyl groups excluding tert-OH is 1. The lowest BCUT2D eigenvalue weighted by Gasteiger charge is -2.32.